The van der Waals surface area contributed by atoms with Crippen LogP contribution in [0.2, 0.25) is 0 Å². The summed E-state index contributed by atoms with van der Waals surface area (Å²) < 4.78 is 5.36. The average molecular weight is 305 g/mol. The largest absolute Gasteiger partial charge is 0.494 e. The van der Waals surface area contributed by atoms with E-state index in [4.69, 9.17) is 4.74 Å². The van der Waals surface area contributed by atoms with Crippen molar-refractivity contribution in [3.8, 4) is 5.75 Å². The number of aliphatic carboxylic acids is 1. The molecule has 1 aliphatic rings. The van der Waals surface area contributed by atoms with Gasteiger partial charge in [-0.05, 0) is 43.4 Å². The van der Waals surface area contributed by atoms with Gasteiger partial charge in [0.05, 0.1) is 12.5 Å². The standard InChI is InChI=1S/C17H23NO4/c1-3-22-14-6-4-12(5-7-14)9-13(17(20)21)10-18-16(19)15-8-11(15)2/h4-7,11,13,15H,3,8-10H2,1-2H3,(H,18,19)(H,20,21). The lowest BCUT2D eigenvalue weighted by Gasteiger charge is -2.14. The van der Waals surface area contributed by atoms with Crippen molar-refractivity contribution in [1.29, 1.82) is 0 Å². The van der Waals surface area contributed by atoms with Crippen LogP contribution >= 0.6 is 0 Å². The molecule has 1 aromatic carbocycles. The van der Waals surface area contributed by atoms with Crippen molar-refractivity contribution in [3.63, 3.8) is 0 Å². The van der Waals surface area contributed by atoms with Gasteiger partial charge in [-0.25, -0.2) is 0 Å². The summed E-state index contributed by atoms with van der Waals surface area (Å²) in [4.78, 5) is 23.2. The van der Waals surface area contributed by atoms with Crippen LogP contribution in [0.3, 0.4) is 0 Å². The normalized spacial score (nSPS) is 21.0. The average Bonchev–Trinajstić information content (AvgIpc) is 3.22. The fourth-order valence-corrected chi connectivity index (χ4v) is 2.46. The van der Waals surface area contributed by atoms with Crippen LogP contribution in [-0.4, -0.2) is 30.1 Å². The lowest BCUT2D eigenvalue weighted by Crippen LogP contribution is -2.35. The molecule has 1 aromatic rings. The zero-order valence-electron chi connectivity index (χ0n) is 13.0. The van der Waals surface area contributed by atoms with E-state index in [-0.39, 0.29) is 18.4 Å². The number of rotatable bonds is 8. The number of carboxylic acids is 1. The van der Waals surface area contributed by atoms with Crippen molar-refractivity contribution >= 4 is 11.9 Å². The number of hydrogen-bond acceptors (Lipinski definition) is 3. The minimum Gasteiger partial charge on any atom is -0.494 e. The minimum atomic E-state index is -0.891. The predicted molar refractivity (Wildman–Crippen MR) is 82.7 cm³/mol. The lowest BCUT2D eigenvalue weighted by molar-refractivity contribution is -0.141. The first-order chi connectivity index (χ1) is 10.5. The fraction of sp³-hybridized carbons (Fsp3) is 0.529. The molecule has 0 aliphatic heterocycles. The Morgan fingerprint density at radius 2 is 2.00 bits per heavy atom. The number of carbonyl (C=O) groups is 2. The zero-order chi connectivity index (χ0) is 16.1. The highest BCUT2D eigenvalue weighted by atomic mass is 16.5. The highest BCUT2D eigenvalue weighted by Crippen LogP contribution is 2.37. The van der Waals surface area contributed by atoms with Crippen LogP contribution in [0.5, 0.6) is 5.75 Å². The van der Waals surface area contributed by atoms with Gasteiger partial charge < -0.3 is 15.2 Å². The molecule has 0 radical (unpaired) electrons. The first-order valence-electron chi connectivity index (χ1n) is 7.73. The highest BCUT2D eigenvalue weighted by Gasteiger charge is 2.39. The topological polar surface area (TPSA) is 75.6 Å². The van der Waals surface area contributed by atoms with E-state index in [0.29, 0.717) is 18.9 Å². The Kier molecular flexibility index (Phi) is 5.41. The van der Waals surface area contributed by atoms with Gasteiger partial charge in [0.15, 0.2) is 0 Å². The monoisotopic (exact) mass is 305 g/mol. The minimum absolute atomic E-state index is 0.0227. The van der Waals surface area contributed by atoms with Crippen molar-refractivity contribution in [2.45, 2.75) is 26.7 Å². The highest BCUT2D eigenvalue weighted by molar-refractivity contribution is 5.82. The maximum atomic E-state index is 11.8. The van der Waals surface area contributed by atoms with Crippen molar-refractivity contribution in [3.05, 3.63) is 29.8 Å². The summed E-state index contributed by atoms with van der Waals surface area (Å²) in [6.07, 6.45) is 1.30. The molecule has 5 nitrogen and oxygen atoms in total. The Labute approximate surface area is 130 Å². The molecule has 2 rings (SSSR count). The Morgan fingerprint density at radius 1 is 1.36 bits per heavy atom. The second kappa shape index (κ2) is 7.29. The quantitative estimate of drug-likeness (QED) is 0.771. The summed E-state index contributed by atoms with van der Waals surface area (Å²) in [6, 6.07) is 7.40. The van der Waals surface area contributed by atoms with Crippen molar-refractivity contribution in [1.82, 2.24) is 5.32 Å². The Balaban J connectivity index is 1.87. The van der Waals surface area contributed by atoms with E-state index in [1.807, 2.05) is 38.1 Å². The van der Waals surface area contributed by atoms with Crippen LogP contribution in [0.15, 0.2) is 24.3 Å². The maximum Gasteiger partial charge on any atom is 0.308 e. The summed E-state index contributed by atoms with van der Waals surface area (Å²) in [5.74, 6) is -0.261. The van der Waals surface area contributed by atoms with Crippen LogP contribution in [0, 0.1) is 17.8 Å². The third-order valence-corrected chi connectivity index (χ3v) is 4.03. The number of carbonyl (C=O) groups excluding carboxylic acids is 1. The van der Waals surface area contributed by atoms with Crippen molar-refractivity contribution < 1.29 is 19.4 Å². The second-order valence-corrected chi connectivity index (χ2v) is 5.88. The van der Waals surface area contributed by atoms with E-state index in [9.17, 15) is 14.7 Å². The first-order valence-corrected chi connectivity index (χ1v) is 7.73. The van der Waals surface area contributed by atoms with Crippen LogP contribution in [0.1, 0.15) is 25.8 Å². The van der Waals surface area contributed by atoms with E-state index < -0.39 is 11.9 Å². The van der Waals surface area contributed by atoms with Crippen LogP contribution in [0.4, 0.5) is 0 Å². The van der Waals surface area contributed by atoms with E-state index in [2.05, 4.69) is 5.32 Å². The molecule has 0 spiro atoms. The Bertz CT molecular complexity index is 526. The predicted octanol–water partition coefficient (Wildman–Crippen LogP) is 2.10. The molecule has 1 aliphatic carbocycles. The van der Waals surface area contributed by atoms with Crippen LogP contribution in [-0.2, 0) is 16.0 Å². The third kappa shape index (κ3) is 4.48. The van der Waals surface area contributed by atoms with Gasteiger partial charge in [-0.3, -0.25) is 9.59 Å². The SMILES string of the molecule is CCOc1ccc(CC(CNC(=O)C2CC2C)C(=O)O)cc1. The van der Waals surface area contributed by atoms with E-state index in [1.165, 1.54) is 0 Å². The van der Waals surface area contributed by atoms with Gasteiger partial charge in [0.25, 0.3) is 0 Å². The molecule has 0 heterocycles. The summed E-state index contributed by atoms with van der Waals surface area (Å²) in [7, 11) is 0. The van der Waals surface area contributed by atoms with Gasteiger partial charge in [0, 0.05) is 12.5 Å². The lowest BCUT2D eigenvalue weighted by atomic mass is 9.99. The number of amides is 1. The molecule has 0 saturated heterocycles. The van der Waals surface area contributed by atoms with E-state index in [1.54, 1.807) is 0 Å². The molecule has 5 heteroatoms. The molecule has 22 heavy (non-hydrogen) atoms. The number of benzene rings is 1. The van der Waals surface area contributed by atoms with Gasteiger partial charge in [0.1, 0.15) is 5.75 Å². The van der Waals surface area contributed by atoms with Gasteiger partial charge in [-0.1, -0.05) is 19.1 Å². The second-order valence-electron chi connectivity index (χ2n) is 5.88. The molecule has 0 bridgehead atoms. The summed E-state index contributed by atoms with van der Waals surface area (Å²) in [5.41, 5.74) is 0.921. The molecule has 3 atom stereocenters. The molecule has 1 amide bonds. The molecular weight excluding hydrogens is 282 g/mol. The summed E-state index contributed by atoms with van der Waals surface area (Å²) >= 11 is 0. The smallest absolute Gasteiger partial charge is 0.308 e. The molecule has 120 valence electrons. The molecule has 0 aromatic heterocycles. The molecule has 3 unspecified atom stereocenters. The molecular formula is C17H23NO4. The van der Waals surface area contributed by atoms with E-state index >= 15 is 0 Å². The van der Waals surface area contributed by atoms with Gasteiger partial charge in [-0.2, -0.15) is 0 Å². The summed E-state index contributed by atoms with van der Waals surface area (Å²) in [6.45, 7) is 4.71. The molecule has 1 fully saturated rings. The molecule has 2 N–H and O–H groups in total. The number of carboxylic acid groups (broad SMARTS) is 1. The fourth-order valence-electron chi connectivity index (χ4n) is 2.46. The number of nitrogens with one attached hydrogen (secondary N) is 1. The number of hydrogen-bond donors (Lipinski definition) is 2. The summed E-state index contributed by atoms with van der Waals surface area (Å²) in [5, 5.41) is 12.1. The Morgan fingerprint density at radius 3 is 2.50 bits per heavy atom. The van der Waals surface area contributed by atoms with Gasteiger partial charge >= 0.3 is 5.97 Å². The van der Waals surface area contributed by atoms with E-state index in [0.717, 1.165) is 17.7 Å². The third-order valence-electron chi connectivity index (χ3n) is 4.03. The van der Waals surface area contributed by atoms with Crippen LogP contribution < -0.4 is 10.1 Å². The van der Waals surface area contributed by atoms with Gasteiger partial charge in [-0.15, -0.1) is 0 Å². The maximum absolute atomic E-state index is 11.8. The van der Waals surface area contributed by atoms with Gasteiger partial charge in [0.2, 0.25) is 5.91 Å². The molecule has 1 saturated carbocycles. The zero-order valence-corrected chi connectivity index (χ0v) is 13.0. The number of ether oxygens (including phenoxy) is 1. The van der Waals surface area contributed by atoms with Crippen molar-refractivity contribution in [2.75, 3.05) is 13.2 Å². The van der Waals surface area contributed by atoms with Crippen LogP contribution in [0.25, 0.3) is 0 Å². The van der Waals surface area contributed by atoms with Crippen molar-refractivity contribution in [2.24, 2.45) is 17.8 Å². The Hall–Kier alpha value is -2.04. The first kappa shape index (κ1) is 16.3.